The van der Waals surface area contributed by atoms with Crippen LogP contribution in [-0.4, -0.2) is 51.2 Å². The Morgan fingerprint density at radius 1 is 1.18 bits per heavy atom. The lowest BCUT2D eigenvalue weighted by Crippen LogP contribution is -2.39. The van der Waals surface area contributed by atoms with Crippen LogP contribution in [0.4, 0.5) is 0 Å². The minimum absolute atomic E-state index is 0.926. The fraction of sp³-hybridized carbons (Fsp3) is 1.00. The first-order valence-corrected chi connectivity index (χ1v) is 7.44. The van der Waals surface area contributed by atoms with Crippen molar-refractivity contribution < 1.29 is 0 Å². The third kappa shape index (κ3) is 8.58. The molecule has 1 aliphatic rings. The molecule has 1 saturated heterocycles. The number of hydrogen-bond donors (Lipinski definition) is 2. The molecule has 0 amide bonds. The van der Waals surface area contributed by atoms with Gasteiger partial charge >= 0.3 is 0 Å². The van der Waals surface area contributed by atoms with E-state index in [0.29, 0.717) is 0 Å². The van der Waals surface area contributed by atoms with Crippen LogP contribution in [-0.2, 0) is 0 Å². The van der Waals surface area contributed by atoms with E-state index in [2.05, 4.69) is 22.5 Å². The minimum Gasteiger partial charge on any atom is -0.318 e. The molecular weight excluding hydrogens is 210 g/mol. The highest BCUT2D eigenvalue weighted by Gasteiger charge is 2.15. The van der Waals surface area contributed by atoms with E-state index in [1.165, 1.54) is 52.0 Å². The average molecular weight is 243 g/mol. The van der Waals surface area contributed by atoms with Crippen LogP contribution in [0.5, 0.6) is 0 Å². The Balaban J connectivity index is 0.00000121. The van der Waals surface area contributed by atoms with Crippen molar-refractivity contribution >= 4 is 0 Å². The SMILES string of the molecule is CC.CCCN(CCNC)CC1CCNCC1. The third-order valence-corrected chi connectivity index (χ3v) is 3.19. The van der Waals surface area contributed by atoms with Crippen LogP contribution in [0.2, 0.25) is 0 Å². The lowest BCUT2D eigenvalue weighted by Gasteiger charge is -2.29. The van der Waals surface area contributed by atoms with E-state index in [-0.39, 0.29) is 0 Å². The topological polar surface area (TPSA) is 27.3 Å². The molecule has 1 fully saturated rings. The number of piperidine rings is 1. The summed E-state index contributed by atoms with van der Waals surface area (Å²) in [6, 6.07) is 0. The van der Waals surface area contributed by atoms with Crippen molar-refractivity contribution in [1.82, 2.24) is 15.5 Å². The second-order valence-electron chi connectivity index (χ2n) is 4.60. The Morgan fingerprint density at radius 3 is 2.35 bits per heavy atom. The van der Waals surface area contributed by atoms with Crippen LogP contribution in [0, 0.1) is 5.92 Å². The van der Waals surface area contributed by atoms with Gasteiger partial charge < -0.3 is 15.5 Å². The molecule has 0 aromatic carbocycles. The zero-order chi connectivity index (χ0) is 12.9. The van der Waals surface area contributed by atoms with Crippen molar-refractivity contribution in [1.29, 1.82) is 0 Å². The monoisotopic (exact) mass is 243 g/mol. The van der Waals surface area contributed by atoms with E-state index in [1.807, 2.05) is 20.9 Å². The first kappa shape index (κ1) is 16.9. The predicted octanol–water partition coefficient (Wildman–Crippen LogP) is 1.94. The Bertz CT molecular complexity index is 144. The summed E-state index contributed by atoms with van der Waals surface area (Å²) in [6.07, 6.45) is 3.99. The normalized spacial score (nSPS) is 16.8. The van der Waals surface area contributed by atoms with Crippen molar-refractivity contribution in [2.24, 2.45) is 5.92 Å². The Morgan fingerprint density at radius 2 is 1.82 bits per heavy atom. The maximum absolute atomic E-state index is 3.43. The highest BCUT2D eigenvalue weighted by Crippen LogP contribution is 2.13. The highest BCUT2D eigenvalue weighted by molar-refractivity contribution is 4.72. The van der Waals surface area contributed by atoms with Gasteiger partial charge in [0.2, 0.25) is 0 Å². The lowest BCUT2D eigenvalue weighted by molar-refractivity contribution is 0.207. The van der Waals surface area contributed by atoms with Gasteiger partial charge in [-0.05, 0) is 51.9 Å². The van der Waals surface area contributed by atoms with Crippen LogP contribution in [0.1, 0.15) is 40.0 Å². The van der Waals surface area contributed by atoms with E-state index >= 15 is 0 Å². The van der Waals surface area contributed by atoms with Crippen LogP contribution in [0.3, 0.4) is 0 Å². The first-order valence-electron chi connectivity index (χ1n) is 7.44. The standard InChI is InChI=1S/C12H27N3.C2H6/c1-3-9-15(10-8-13-2)11-12-4-6-14-7-5-12;1-2/h12-14H,3-11H2,1-2H3;1-2H3. The van der Waals surface area contributed by atoms with Crippen molar-refractivity contribution in [3.63, 3.8) is 0 Å². The van der Waals surface area contributed by atoms with Gasteiger partial charge in [-0.15, -0.1) is 0 Å². The molecule has 2 N–H and O–H groups in total. The predicted molar refractivity (Wildman–Crippen MR) is 77.6 cm³/mol. The first-order chi connectivity index (χ1) is 8.36. The molecule has 0 unspecified atom stereocenters. The van der Waals surface area contributed by atoms with Crippen molar-refractivity contribution in [3.05, 3.63) is 0 Å². The zero-order valence-corrected chi connectivity index (χ0v) is 12.4. The number of nitrogens with zero attached hydrogens (tertiary/aromatic N) is 1. The van der Waals surface area contributed by atoms with E-state index in [4.69, 9.17) is 0 Å². The third-order valence-electron chi connectivity index (χ3n) is 3.19. The molecule has 0 aromatic rings. The zero-order valence-electron chi connectivity index (χ0n) is 12.4. The van der Waals surface area contributed by atoms with E-state index in [1.54, 1.807) is 0 Å². The molecule has 0 atom stereocenters. The lowest BCUT2D eigenvalue weighted by atomic mass is 9.97. The van der Waals surface area contributed by atoms with E-state index in [9.17, 15) is 0 Å². The quantitative estimate of drug-likeness (QED) is 0.715. The van der Waals surface area contributed by atoms with Gasteiger partial charge in [-0.1, -0.05) is 20.8 Å². The molecule has 0 bridgehead atoms. The van der Waals surface area contributed by atoms with Gasteiger partial charge in [0, 0.05) is 19.6 Å². The maximum Gasteiger partial charge on any atom is 0.0107 e. The van der Waals surface area contributed by atoms with Crippen LogP contribution >= 0.6 is 0 Å². The fourth-order valence-corrected chi connectivity index (χ4v) is 2.31. The summed E-state index contributed by atoms with van der Waals surface area (Å²) in [7, 11) is 2.04. The summed E-state index contributed by atoms with van der Waals surface area (Å²) in [5, 5.41) is 6.67. The summed E-state index contributed by atoms with van der Waals surface area (Å²) in [4.78, 5) is 2.62. The van der Waals surface area contributed by atoms with Crippen LogP contribution in [0.15, 0.2) is 0 Å². The summed E-state index contributed by atoms with van der Waals surface area (Å²) >= 11 is 0. The molecule has 3 nitrogen and oxygen atoms in total. The summed E-state index contributed by atoms with van der Waals surface area (Å²) in [6.45, 7) is 13.6. The van der Waals surface area contributed by atoms with E-state index in [0.717, 1.165) is 12.5 Å². The molecule has 0 radical (unpaired) electrons. The molecule has 0 saturated carbocycles. The van der Waals surface area contributed by atoms with Crippen molar-refractivity contribution in [2.75, 3.05) is 46.3 Å². The Labute approximate surface area is 108 Å². The highest BCUT2D eigenvalue weighted by atomic mass is 15.1. The molecule has 0 aromatic heterocycles. The number of likely N-dealkylation sites (N-methyl/N-ethyl adjacent to an activating group) is 1. The summed E-state index contributed by atoms with van der Waals surface area (Å²) < 4.78 is 0. The van der Waals surface area contributed by atoms with Gasteiger partial charge in [-0.25, -0.2) is 0 Å². The van der Waals surface area contributed by atoms with Crippen LogP contribution in [0.25, 0.3) is 0 Å². The molecule has 3 heteroatoms. The fourth-order valence-electron chi connectivity index (χ4n) is 2.31. The average Bonchev–Trinajstić information content (AvgIpc) is 2.40. The molecule has 0 spiro atoms. The second-order valence-corrected chi connectivity index (χ2v) is 4.60. The number of rotatable bonds is 7. The molecule has 0 aliphatic carbocycles. The molecule has 104 valence electrons. The maximum atomic E-state index is 3.43. The van der Waals surface area contributed by atoms with Gasteiger partial charge in [0.25, 0.3) is 0 Å². The summed E-state index contributed by atoms with van der Waals surface area (Å²) in [5.41, 5.74) is 0. The molecule has 1 rings (SSSR count). The molecule has 1 aliphatic heterocycles. The number of nitrogens with one attached hydrogen (secondary N) is 2. The molecular formula is C14H33N3. The smallest absolute Gasteiger partial charge is 0.0107 e. The van der Waals surface area contributed by atoms with Gasteiger partial charge in [0.1, 0.15) is 0 Å². The van der Waals surface area contributed by atoms with Gasteiger partial charge in [0.05, 0.1) is 0 Å². The van der Waals surface area contributed by atoms with Gasteiger partial charge in [-0.3, -0.25) is 0 Å². The van der Waals surface area contributed by atoms with E-state index < -0.39 is 0 Å². The number of hydrogen-bond acceptors (Lipinski definition) is 3. The largest absolute Gasteiger partial charge is 0.318 e. The van der Waals surface area contributed by atoms with Crippen LogP contribution < -0.4 is 10.6 Å². The Kier molecular flexibility index (Phi) is 12.3. The Hall–Kier alpha value is -0.120. The second kappa shape index (κ2) is 12.3. The summed E-state index contributed by atoms with van der Waals surface area (Å²) in [5.74, 6) is 0.926. The minimum atomic E-state index is 0.926. The molecule has 17 heavy (non-hydrogen) atoms. The van der Waals surface area contributed by atoms with Crippen molar-refractivity contribution in [2.45, 2.75) is 40.0 Å². The molecule has 1 heterocycles. The van der Waals surface area contributed by atoms with Crippen molar-refractivity contribution in [3.8, 4) is 0 Å². The van der Waals surface area contributed by atoms with Gasteiger partial charge in [0.15, 0.2) is 0 Å². The van der Waals surface area contributed by atoms with Gasteiger partial charge in [-0.2, -0.15) is 0 Å².